The van der Waals surface area contributed by atoms with Gasteiger partial charge in [0, 0.05) is 24.7 Å². The van der Waals surface area contributed by atoms with Crippen LogP contribution in [-0.4, -0.2) is 64.5 Å². The number of aryl methyl sites for hydroxylation is 2. The number of rotatable bonds is 8. The van der Waals surface area contributed by atoms with E-state index in [1.807, 2.05) is 26.1 Å². The fourth-order valence-electron chi connectivity index (χ4n) is 3.51. The van der Waals surface area contributed by atoms with Gasteiger partial charge in [-0.15, -0.1) is 16.9 Å². The van der Waals surface area contributed by atoms with Crippen LogP contribution < -0.4 is 5.32 Å². The van der Waals surface area contributed by atoms with Gasteiger partial charge in [0.2, 0.25) is 0 Å². The second-order valence-corrected chi connectivity index (χ2v) is 8.02. The van der Waals surface area contributed by atoms with Crippen molar-refractivity contribution >= 4 is 24.3 Å². The van der Waals surface area contributed by atoms with Crippen LogP contribution in [-0.2, 0) is 0 Å². The number of hydrogen-bond acceptors (Lipinski definition) is 6. The number of likely N-dealkylation sites (tertiary alicyclic amines) is 1. The van der Waals surface area contributed by atoms with Crippen molar-refractivity contribution in [3.63, 3.8) is 0 Å². The number of halogens is 2. The van der Waals surface area contributed by atoms with Crippen molar-refractivity contribution in [2.75, 3.05) is 25.5 Å². The smallest absolute Gasteiger partial charge is 0.251 e. The Labute approximate surface area is 167 Å². The van der Waals surface area contributed by atoms with Crippen LogP contribution in [0.15, 0.2) is 28.2 Å². The molecule has 1 saturated heterocycles. The number of phenols is 1. The van der Waals surface area contributed by atoms with E-state index in [0.717, 1.165) is 22.4 Å². The number of hydrogen-bond donors (Lipinski definition) is 2. The summed E-state index contributed by atoms with van der Waals surface area (Å²) in [6.45, 7) is 8.59. The van der Waals surface area contributed by atoms with E-state index in [-0.39, 0.29) is 18.3 Å². The van der Waals surface area contributed by atoms with Gasteiger partial charge in [-0.05, 0) is 50.7 Å². The first kappa shape index (κ1) is 20.8. The van der Waals surface area contributed by atoms with E-state index in [0.29, 0.717) is 30.5 Å². The van der Waals surface area contributed by atoms with Crippen molar-refractivity contribution in [2.45, 2.75) is 37.6 Å². The summed E-state index contributed by atoms with van der Waals surface area (Å²) < 4.78 is 26.6. The second kappa shape index (κ2) is 9.02. The van der Waals surface area contributed by atoms with Crippen molar-refractivity contribution in [1.82, 2.24) is 20.0 Å². The number of phenolic OH excluding ortho intramolecular Hbond substituents is 1. The van der Waals surface area contributed by atoms with Gasteiger partial charge in [0.25, 0.3) is 6.43 Å². The minimum atomic E-state index is -2.29. The Bertz CT molecular complexity index is 819. The van der Waals surface area contributed by atoms with Crippen LogP contribution in [0.25, 0.3) is 5.69 Å². The van der Waals surface area contributed by atoms with E-state index in [1.54, 1.807) is 15.6 Å². The van der Waals surface area contributed by atoms with Crippen molar-refractivity contribution in [1.29, 1.82) is 0 Å². The lowest BCUT2D eigenvalue weighted by atomic mass is 10.1. The molecule has 2 heterocycles. The zero-order valence-electron chi connectivity index (χ0n) is 16.0. The molecule has 0 spiro atoms. The Morgan fingerprint density at radius 3 is 2.89 bits per heavy atom. The van der Waals surface area contributed by atoms with Crippen molar-refractivity contribution < 1.29 is 13.9 Å². The van der Waals surface area contributed by atoms with E-state index in [1.165, 1.54) is 11.8 Å². The molecule has 1 unspecified atom stereocenters. The summed E-state index contributed by atoms with van der Waals surface area (Å²) in [6.07, 6.45) is 0.392. The summed E-state index contributed by atoms with van der Waals surface area (Å²) in [4.78, 5) is 6.60. The summed E-state index contributed by atoms with van der Waals surface area (Å²) in [5.41, 5.74) is 2.51. The van der Waals surface area contributed by atoms with Gasteiger partial charge in [-0.25, -0.2) is 18.5 Å². The molecule has 0 saturated carbocycles. The topological polar surface area (TPSA) is 65.7 Å². The van der Waals surface area contributed by atoms with Crippen LogP contribution in [0.3, 0.4) is 0 Å². The summed E-state index contributed by atoms with van der Waals surface area (Å²) in [5.74, 6) is 1.27. The highest BCUT2D eigenvalue weighted by Gasteiger charge is 2.24. The van der Waals surface area contributed by atoms with Crippen molar-refractivity contribution in [2.24, 2.45) is 4.99 Å². The monoisotopic (exact) mass is 409 g/mol. The Kier molecular flexibility index (Phi) is 6.69. The number of aromatic hydroxyl groups is 1. The number of alkyl halides is 2. The van der Waals surface area contributed by atoms with Crippen LogP contribution in [0.2, 0.25) is 0 Å². The molecule has 0 amide bonds. The molecule has 2 aromatic rings. The van der Waals surface area contributed by atoms with E-state index in [9.17, 15) is 13.9 Å². The van der Waals surface area contributed by atoms with E-state index in [2.05, 4.69) is 22.1 Å². The van der Waals surface area contributed by atoms with Gasteiger partial charge in [-0.1, -0.05) is 6.07 Å². The lowest BCUT2D eigenvalue weighted by molar-refractivity contribution is 0.0987. The number of aliphatic imine (C=N–C) groups is 1. The quantitative estimate of drug-likeness (QED) is 0.397. The third kappa shape index (κ3) is 4.89. The van der Waals surface area contributed by atoms with Gasteiger partial charge in [0.05, 0.1) is 11.4 Å². The minimum Gasteiger partial charge on any atom is -0.506 e. The van der Waals surface area contributed by atoms with Gasteiger partial charge < -0.3 is 10.4 Å². The van der Waals surface area contributed by atoms with Crippen LogP contribution in [0.4, 0.5) is 14.6 Å². The molecule has 3 rings (SSSR count). The molecule has 1 aliphatic heterocycles. The second-order valence-electron chi connectivity index (χ2n) is 7.00. The number of aromatic nitrogens is 2. The van der Waals surface area contributed by atoms with Crippen LogP contribution in [0, 0.1) is 13.8 Å². The standard InChI is InChI=1S/C19H25F2N5OS/c1-12-6-13(2)18(15(27)7-12)26-9-16(19(22-3)24-26)28-11-23-14-4-5-25(8-14)10-17(20)21/h6-7,9,14,17,23,27H,3-5,8,10-11H2,1-2H3. The van der Waals surface area contributed by atoms with Crippen LogP contribution in [0.5, 0.6) is 5.75 Å². The third-order valence-electron chi connectivity index (χ3n) is 4.73. The van der Waals surface area contributed by atoms with Crippen molar-refractivity contribution in [3.05, 3.63) is 29.5 Å². The maximum atomic E-state index is 12.5. The molecule has 0 radical (unpaired) electrons. The summed E-state index contributed by atoms with van der Waals surface area (Å²) >= 11 is 1.53. The van der Waals surface area contributed by atoms with E-state index < -0.39 is 6.43 Å². The largest absolute Gasteiger partial charge is 0.506 e. The van der Waals surface area contributed by atoms with Crippen molar-refractivity contribution in [3.8, 4) is 11.4 Å². The first-order valence-corrected chi connectivity index (χ1v) is 10.1. The molecule has 0 bridgehead atoms. The normalized spacial score (nSPS) is 17.5. The Balaban J connectivity index is 1.64. The van der Waals surface area contributed by atoms with Crippen LogP contribution in [0.1, 0.15) is 17.5 Å². The minimum absolute atomic E-state index is 0.162. The molecule has 28 heavy (non-hydrogen) atoms. The van der Waals surface area contributed by atoms with E-state index in [4.69, 9.17) is 0 Å². The predicted octanol–water partition coefficient (Wildman–Crippen LogP) is 3.51. The Morgan fingerprint density at radius 1 is 1.43 bits per heavy atom. The molecular formula is C19H25F2N5OS. The fraction of sp³-hybridized carbons (Fsp3) is 0.474. The zero-order chi connectivity index (χ0) is 20.3. The highest BCUT2D eigenvalue weighted by Crippen LogP contribution is 2.33. The first-order chi connectivity index (χ1) is 13.4. The molecule has 0 aliphatic carbocycles. The number of nitrogens with one attached hydrogen (secondary N) is 1. The molecule has 1 aliphatic rings. The summed E-state index contributed by atoms with van der Waals surface area (Å²) in [7, 11) is 0. The lowest BCUT2D eigenvalue weighted by Crippen LogP contribution is -2.33. The molecule has 1 aromatic heterocycles. The number of benzene rings is 1. The third-order valence-corrected chi connectivity index (χ3v) is 5.64. The lowest BCUT2D eigenvalue weighted by Gasteiger charge is -2.15. The molecule has 1 aromatic carbocycles. The average Bonchev–Trinajstić information content (AvgIpc) is 3.20. The summed E-state index contributed by atoms with van der Waals surface area (Å²) in [5, 5.41) is 18.1. The fourth-order valence-corrected chi connectivity index (χ4v) is 4.39. The molecule has 1 fully saturated rings. The molecular weight excluding hydrogens is 384 g/mol. The Morgan fingerprint density at radius 2 is 2.21 bits per heavy atom. The van der Waals surface area contributed by atoms with Crippen LogP contribution >= 0.6 is 11.8 Å². The maximum Gasteiger partial charge on any atom is 0.251 e. The average molecular weight is 410 g/mol. The molecule has 9 heteroatoms. The van der Waals surface area contributed by atoms with Gasteiger partial charge >= 0.3 is 0 Å². The zero-order valence-corrected chi connectivity index (χ0v) is 16.8. The van der Waals surface area contributed by atoms with Gasteiger partial charge in [-0.2, -0.15) is 0 Å². The molecule has 152 valence electrons. The first-order valence-electron chi connectivity index (χ1n) is 9.11. The number of thioether (sulfide) groups is 1. The van der Waals surface area contributed by atoms with Gasteiger partial charge in [-0.3, -0.25) is 4.90 Å². The SMILES string of the molecule is C=Nc1nn(-c2c(C)cc(C)cc2O)cc1SCNC1CCN(CC(F)F)C1. The van der Waals surface area contributed by atoms with Gasteiger partial charge in [0.1, 0.15) is 11.4 Å². The predicted molar refractivity (Wildman–Crippen MR) is 109 cm³/mol. The Hall–Kier alpha value is -1.97. The summed E-state index contributed by atoms with van der Waals surface area (Å²) in [6, 6.07) is 3.88. The molecule has 1 atom stereocenters. The molecule has 2 N–H and O–H groups in total. The highest BCUT2D eigenvalue weighted by molar-refractivity contribution is 7.99. The van der Waals surface area contributed by atoms with Gasteiger partial charge in [0.15, 0.2) is 5.82 Å². The van der Waals surface area contributed by atoms with E-state index >= 15 is 0 Å². The highest BCUT2D eigenvalue weighted by atomic mass is 32.2. The molecule has 6 nitrogen and oxygen atoms in total. The maximum absolute atomic E-state index is 12.5. The number of nitrogens with zero attached hydrogens (tertiary/aromatic N) is 4.